The number of halogens is 1. The molecule has 0 unspecified atom stereocenters. The zero-order valence-corrected chi connectivity index (χ0v) is 11.6. The van der Waals surface area contributed by atoms with E-state index in [9.17, 15) is 0 Å². The third-order valence-electron chi connectivity index (χ3n) is 2.12. The fourth-order valence-electron chi connectivity index (χ4n) is 1.39. The van der Waals surface area contributed by atoms with Crippen LogP contribution in [0.2, 0.25) is 0 Å². The molecule has 0 aliphatic rings. The summed E-state index contributed by atoms with van der Waals surface area (Å²) < 4.78 is 11.3. The molecule has 0 amide bonds. The first-order valence-corrected chi connectivity index (χ1v) is 6.27. The number of hydrogen-bond donors (Lipinski definition) is 1. The van der Waals surface area contributed by atoms with Crippen molar-refractivity contribution in [1.29, 1.82) is 0 Å². The highest BCUT2D eigenvalue weighted by atomic mass is 79.9. The molecule has 0 fully saturated rings. The van der Waals surface area contributed by atoms with Gasteiger partial charge in [0.2, 0.25) is 5.13 Å². The van der Waals surface area contributed by atoms with E-state index >= 15 is 0 Å². The van der Waals surface area contributed by atoms with Crippen LogP contribution in [0.25, 0.3) is 10.6 Å². The van der Waals surface area contributed by atoms with Crippen molar-refractivity contribution in [1.82, 2.24) is 10.2 Å². The van der Waals surface area contributed by atoms with Gasteiger partial charge in [-0.1, -0.05) is 11.3 Å². The molecular formula is C10H10BrN3O2S. The van der Waals surface area contributed by atoms with E-state index in [0.717, 1.165) is 15.0 Å². The number of nitrogens with zero attached hydrogens (tertiary/aromatic N) is 2. The molecule has 0 spiro atoms. The second kappa shape index (κ2) is 4.89. The number of ether oxygens (including phenoxy) is 2. The van der Waals surface area contributed by atoms with Gasteiger partial charge in [0, 0.05) is 5.56 Å². The normalized spacial score (nSPS) is 10.3. The lowest BCUT2D eigenvalue weighted by atomic mass is 10.2. The van der Waals surface area contributed by atoms with Crippen molar-refractivity contribution in [3.63, 3.8) is 0 Å². The van der Waals surface area contributed by atoms with Crippen LogP contribution >= 0.6 is 27.3 Å². The number of methoxy groups -OCH3 is 2. The molecular weight excluding hydrogens is 306 g/mol. The third kappa shape index (κ3) is 2.34. The third-order valence-corrected chi connectivity index (χ3v) is 3.51. The van der Waals surface area contributed by atoms with E-state index in [1.807, 2.05) is 12.1 Å². The minimum absolute atomic E-state index is 0.436. The molecule has 1 aromatic heterocycles. The molecule has 0 atom stereocenters. The number of anilines is 1. The number of nitrogen functional groups attached to an aromatic ring is 1. The summed E-state index contributed by atoms with van der Waals surface area (Å²) in [4.78, 5) is 0. The number of hydrogen-bond acceptors (Lipinski definition) is 6. The van der Waals surface area contributed by atoms with E-state index in [4.69, 9.17) is 15.2 Å². The van der Waals surface area contributed by atoms with Gasteiger partial charge in [-0.25, -0.2) is 0 Å². The Labute approximate surface area is 111 Å². The predicted molar refractivity (Wildman–Crippen MR) is 70.6 cm³/mol. The second-order valence-electron chi connectivity index (χ2n) is 3.14. The SMILES string of the molecule is COc1cc(-c2nnc(N)s2)cc(Br)c1OC. The van der Waals surface area contributed by atoms with E-state index in [-0.39, 0.29) is 0 Å². The average Bonchev–Trinajstić information content (AvgIpc) is 2.74. The van der Waals surface area contributed by atoms with Crippen molar-refractivity contribution in [2.75, 3.05) is 20.0 Å². The first-order chi connectivity index (χ1) is 8.15. The Balaban J connectivity index is 2.53. The van der Waals surface area contributed by atoms with Crippen LogP contribution in [-0.2, 0) is 0 Å². The lowest BCUT2D eigenvalue weighted by Gasteiger charge is -2.10. The quantitative estimate of drug-likeness (QED) is 0.942. The van der Waals surface area contributed by atoms with E-state index in [2.05, 4.69) is 26.1 Å². The van der Waals surface area contributed by atoms with Gasteiger partial charge in [-0.15, -0.1) is 10.2 Å². The van der Waals surface area contributed by atoms with Gasteiger partial charge in [0.25, 0.3) is 0 Å². The topological polar surface area (TPSA) is 70.3 Å². The summed E-state index contributed by atoms with van der Waals surface area (Å²) in [6.07, 6.45) is 0. The zero-order chi connectivity index (χ0) is 12.4. The molecule has 0 saturated heterocycles. The van der Waals surface area contributed by atoms with Gasteiger partial charge in [-0.05, 0) is 28.1 Å². The summed E-state index contributed by atoms with van der Waals surface area (Å²) in [5, 5.41) is 8.94. The molecule has 17 heavy (non-hydrogen) atoms. The van der Waals surface area contributed by atoms with Crippen LogP contribution in [0.5, 0.6) is 11.5 Å². The van der Waals surface area contributed by atoms with E-state index in [1.54, 1.807) is 14.2 Å². The van der Waals surface area contributed by atoms with Crippen LogP contribution in [0.3, 0.4) is 0 Å². The van der Waals surface area contributed by atoms with Crippen molar-refractivity contribution >= 4 is 32.4 Å². The van der Waals surface area contributed by atoms with Gasteiger partial charge >= 0.3 is 0 Å². The Kier molecular flexibility index (Phi) is 3.49. The van der Waals surface area contributed by atoms with Crippen LogP contribution in [0.4, 0.5) is 5.13 Å². The van der Waals surface area contributed by atoms with Crippen LogP contribution in [-0.4, -0.2) is 24.4 Å². The molecule has 5 nitrogen and oxygen atoms in total. The summed E-state index contributed by atoms with van der Waals surface area (Å²) >= 11 is 4.74. The molecule has 1 heterocycles. The van der Waals surface area contributed by atoms with Gasteiger partial charge in [-0.3, -0.25) is 0 Å². The fourth-order valence-corrected chi connectivity index (χ4v) is 2.59. The number of aromatic nitrogens is 2. The van der Waals surface area contributed by atoms with Gasteiger partial charge in [0.15, 0.2) is 11.5 Å². The Morgan fingerprint density at radius 3 is 2.53 bits per heavy atom. The van der Waals surface area contributed by atoms with E-state index in [1.165, 1.54) is 11.3 Å². The minimum Gasteiger partial charge on any atom is -0.493 e. The minimum atomic E-state index is 0.436. The molecule has 0 radical (unpaired) electrons. The van der Waals surface area contributed by atoms with Crippen LogP contribution in [0, 0.1) is 0 Å². The first kappa shape index (κ1) is 12.1. The van der Waals surface area contributed by atoms with Crippen LogP contribution < -0.4 is 15.2 Å². The zero-order valence-electron chi connectivity index (χ0n) is 9.23. The van der Waals surface area contributed by atoms with Gasteiger partial charge in [-0.2, -0.15) is 0 Å². The fraction of sp³-hybridized carbons (Fsp3) is 0.200. The van der Waals surface area contributed by atoms with Crippen LogP contribution in [0.15, 0.2) is 16.6 Å². The number of nitrogens with two attached hydrogens (primary N) is 1. The van der Waals surface area contributed by atoms with Crippen molar-refractivity contribution in [3.8, 4) is 22.1 Å². The molecule has 1 aromatic carbocycles. The van der Waals surface area contributed by atoms with Gasteiger partial charge < -0.3 is 15.2 Å². The maximum atomic E-state index is 5.56. The highest BCUT2D eigenvalue weighted by Gasteiger charge is 2.13. The molecule has 2 aromatic rings. The monoisotopic (exact) mass is 315 g/mol. The summed E-state index contributed by atoms with van der Waals surface area (Å²) in [5.41, 5.74) is 6.44. The molecule has 2 rings (SSSR count). The lowest BCUT2D eigenvalue weighted by molar-refractivity contribution is 0.353. The Morgan fingerprint density at radius 2 is 2.00 bits per heavy atom. The summed E-state index contributed by atoms with van der Waals surface area (Å²) in [6, 6.07) is 3.73. The largest absolute Gasteiger partial charge is 0.493 e. The maximum absolute atomic E-state index is 5.56. The Morgan fingerprint density at radius 1 is 1.24 bits per heavy atom. The molecule has 2 N–H and O–H groups in total. The molecule has 7 heteroatoms. The van der Waals surface area contributed by atoms with Gasteiger partial charge in [0.1, 0.15) is 5.01 Å². The smallest absolute Gasteiger partial charge is 0.203 e. The standard InChI is InChI=1S/C10H10BrN3O2S/c1-15-7-4-5(3-6(11)8(7)16-2)9-13-14-10(12)17-9/h3-4H,1-2H3,(H2,12,14). The molecule has 90 valence electrons. The van der Waals surface area contributed by atoms with Gasteiger partial charge in [0.05, 0.1) is 18.7 Å². The highest BCUT2D eigenvalue weighted by molar-refractivity contribution is 9.10. The Hall–Kier alpha value is -1.34. The second-order valence-corrected chi connectivity index (χ2v) is 5.00. The molecule has 0 aliphatic carbocycles. The van der Waals surface area contributed by atoms with Crippen molar-refractivity contribution in [3.05, 3.63) is 16.6 Å². The van der Waals surface area contributed by atoms with Crippen molar-refractivity contribution in [2.45, 2.75) is 0 Å². The number of benzene rings is 1. The summed E-state index contributed by atoms with van der Waals surface area (Å²) in [5.74, 6) is 1.28. The Bertz CT molecular complexity index is 544. The van der Waals surface area contributed by atoms with Crippen molar-refractivity contribution < 1.29 is 9.47 Å². The summed E-state index contributed by atoms with van der Waals surface area (Å²) in [7, 11) is 3.17. The molecule has 0 saturated carbocycles. The highest BCUT2D eigenvalue weighted by Crippen LogP contribution is 2.40. The maximum Gasteiger partial charge on any atom is 0.203 e. The number of rotatable bonds is 3. The average molecular weight is 316 g/mol. The molecule has 0 aliphatic heterocycles. The van der Waals surface area contributed by atoms with Crippen LogP contribution in [0.1, 0.15) is 0 Å². The first-order valence-electron chi connectivity index (χ1n) is 4.66. The predicted octanol–water partition coefficient (Wildman–Crippen LogP) is 2.57. The van der Waals surface area contributed by atoms with Crippen molar-refractivity contribution in [2.24, 2.45) is 0 Å². The van der Waals surface area contributed by atoms with E-state index < -0.39 is 0 Å². The summed E-state index contributed by atoms with van der Waals surface area (Å²) in [6.45, 7) is 0. The lowest BCUT2D eigenvalue weighted by Crippen LogP contribution is -1.92. The molecule has 0 bridgehead atoms. The van der Waals surface area contributed by atoms with E-state index in [0.29, 0.717) is 16.6 Å².